The molecule has 1 aliphatic heterocycles. The van der Waals surface area contributed by atoms with Crippen LogP contribution in [0.1, 0.15) is 50.9 Å². The lowest BCUT2D eigenvalue weighted by atomic mass is 9.88. The Hall–Kier alpha value is -2.73. The van der Waals surface area contributed by atoms with Crippen molar-refractivity contribution in [1.82, 2.24) is 5.32 Å². The van der Waals surface area contributed by atoms with Gasteiger partial charge in [0.05, 0.1) is 23.8 Å². The van der Waals surface area contributed by atoms with Gasteiger partial charge in [-0.15, -0.1) is 0 Å². The maximum atomic E-state index is 13.0. The molecule has 0 aromatic heterocycles. The minimum atomic E-state index is -0.605. The second kappa shape index (κ2) is 11.6. The van der Waals surface area contributed by atoms with Gasteiger partial charge < -0.3 is 14.8 Å². The van der Waals surface area contributed by atoms with E-state index < -0.39 is 17.9 Å². The Balaban J connectivity index is 1.83. The Morgan fingerprint density at radius 1 is 1.32 bits per heavy atom. The van der Waals surface area contributed by atoms with Gasteiger partial charge >= 0.3 is 5.97 Å². The summed E-state index contributed by atoms with van der Waals surface area (Å²) in [5.41, 5.74) is 1.37. The number of benzene rings is 1. The minimum Gasteiger partial charge on any atom is -0.455 e. The molecule has 1 saturated heterocycles. The average molecular weight is 430 g/mol. The fraction of sp³-hybridized carbons (Fsp3) is 0.440. The maximum Gasteiger partial charge on any atom is 0.338 e. The largest absolute Gasteiger partial charge is 0.455 e. The number of rotatable bonds is 8. The number of allylic oxidation sites excluding steroid dienone is 2. The first-order valence-electron chi connectivity index (χ1n) is 10.6. The Morgan fingerprint density at radius 2 is 2.00 bits per heavy atom. The van der Waals surface area contributed by atoms with Crippen LogP contribution in [-0.2, 0) is 14.3 Å². The number of nitrogens with one attached hydrogen (secondary N) is 1. The van der Waals surface area contributed by atoms with Gasteiger partial charge in [-0.2, -0.15) is 0 Å². The van der Waals surface area contributed by atoms with E-state index >= 15 is 0 Å². The van der Waals surface area contributed by atoms with Gasteiger partial charge in [0.15, 0.2) is 0 Å². The van der Waals surface area contributed by atoms with Crippen LogP contribution in [0.4, 0.5) is 4.39 Å². The molecule has 1 aliphatic rings. The molecule has 1 aromatic rings. The van der Waals surface area contributed by atoms with E-state index in [1.54, 1.807) is 6.92 Å². The molecule has 1 fully saturated rings. The molecule has 0 bridgehead atoms. The van der Waals surface area contributed by atoms with E-state index in [2.05, 4.69) is 24.9 Å². The smallest absolute Gasteiger partial charge is 0.338 e. The zero-order valence-corrected chi connectivity index (χ0v) is 18.6. The van der Waals surface area contributed by atoms with E-state index in [1.165, 1.54) is 36.4 Å². The second-order valence-corrected chi connectivity index (χ2v) is 8.07. The van der Waals surface area contributed by atoms with E-state index in [-0.39, 0.29) is 29.7 Å². The van der Waals surface area contributed by atoms with Gasteiger partial charge in [0.25, 0.3) is 0 Å². The topological polar surface area (TPSA) is 64.6 Å². The molecule has 1 heterocycles. The molecular formula is C25H32FNO4. The van der Waals surface area contributed by atoms with Crippen molar-refractivity contribution < 1.29 is 23.5 Å². The molecule has 5 atom stereocenters. The van der Waals surface area contributed by atoms with Crippen LogP contribution in [-0.4, -0.2) is 36.2 Å². The molecule has 168 valence electrons. The number of carbonyl (C=O) groups excluding carboxylic acids is 2. The van der Waals surface area contributed by atoms with E-state index in [1.807, 2.05) is 19.9 Å². The lowest BCUT2D eigenvalue weighted by molar-refractivity contribution is -0.123. The molecule has 1 N–H and O–H groups in total. The lowest BCUT2D eigenvalue weighted by Crippen LogP contribution is -2.50. The normalized spacial score (nSPS) is 25.1. The highest BCUT2D eigenvalue weighted by atomic mass is 19.1. The Bertz CT molecular complexity index is 830. The quantitative estimate of drug-likeness (QED) is 0.368. The summed E-state index contributed by atoms with van der Waals surface area (Å²) in [4.78, 5) is 24.4. The van der Waals surface area contributed by atoms with Gasteiger partial charge in [-0.05, 0) is 69.9 Å². The third-order valence-corrected chi connectivity index (χ3v) is 5.43. The average Bonchev–Trinajstić information content (AvgIpc) is 2.73. The highest BCUT2D eigenvalue weighted by Gasteiger charge is 2.33. The van der Waals surface area contributed by atoms with Crippen molar-refractivity contribution in [3.05, 3.63) is 72.1 Å². The second-order valence-electron chi connectivity index (χ2n) is 8.07. The predicted octanol–water partition coefficient (Wildman–Crippen LogP) is 4.75. The highest BCUT2D eigenvalue weighted by Crippen LogP contribution is 2.28. The third-order valence-electron chi connectivity index (χ3n) is 5.43. The fourth-order valence-corrected chi connectivity index (χ4v) is 3.41. The van der Waals surface area contributed by atoms with Gasteiger partial charge in [0, 0.05) is 6.08 Å². The molecule has 5 nitrogen and oxygen atoms in total. The monoisotopic (exact) mass is 429 g/mol. The highest BCUT2D eigenvalue weighted by molar-refractivity contribution is 5.90. The molecule has 6 heteroatoms. The summed E-state index contributed by atoms with van der Waals surface area (Å²) in [5.74, 6) is -0.966. The van der Waals surface area contributed by atoms with Crippen molar-refractivity contribution >= 4 is 11.9 Å². The first-order chi connectivity index (χ1) is 14.7. The summed E-state index contributed by atoms with van der Waals surface area (Å²) in [5, 5.41) is 2.98. The van der Waals surface area contributed by atoms with Crippen molar-refractivity contribution in [3.8, 4) is 0 Å². The zero-order valence-electron chi connectivity index (χ0n) is 18.6. The van der Waals surface area contributed by atoms with E-state index in [0.29, 0.717) is 5.92 Å². The molecule has 0 saturated carbocycles. The van der Waals surface area contributed by atoms with Crippen molar-refractivity contribution in [1.29, 1.82) is 0 Å². The number of ether oxygens (including phenoxy) is 2. The SMILES string of the molecule is C=C/C(C)=C/C[C@@H]1O[C@H](C)[C@H](NC(=O)C=CC(C)OC(=O)c2ccc(F)cc2)C[C@@H]1C. The van der Waals surface area contributed by atoms with Gasteiger partial charge in [-0.1, -0.05) is 31.2 Å². The van der Waals surface area contributed by atoms with Crippen LogP contribution in [0.25, 0.3) is 0 Å². The van der Waals surface area contributed by atoms with Gasteiger partial charge in [-0.3, -0.25) is 4.79 Å². The van der Waals surface area contributed by atoms with Crippen molar-refractivity contribution in [3.63, 3.8) is 0 Å². The van der Waals surface area contributed by atoms with Gasteiger partial charge in [-0.25, -0.2) is 9.18 Å². The van der Waals surface area contributed by atoms with Crippen LogP contribution in [0.3, 0.4) is 0 Å². The number of esters is 1. The van der Waals surface area contributed by atoms with E-state index in [4.69, 9.17) is 9.47 Å². The van der Waals surface area contributed by atoms with Gasteiger partial charge in [0.1, 0.15) is 11.9 Å². The Labute approximate surface area is 184 Å². The first kappa shape index (κ1) is 24.5. The molecule has 0 aliphatic carbocycles. The maximum absolute atomic E-state index is 13.0. The van der Waals surface area contributed by atoms with Crippen LogP contribution in [0, 0.1) is 11.7 Å². The molecule has 31 heavy (non-hydrogen) atoms. The Morgan fingerprint density at radius 3 is 2.65 bits per heavy atom. The first-order valence-corrected chi connectivity index (χ1v) is 10.6. The molecule has 2 rings (SSSR count). The molecular weight excluding hydrogens is 397 g/mol. The summed E-state index contributed by atoms with van der Waals surface area (Å²) in [7, 11) is 0. The zero-order chi connectivity index (χ0) is 23.0. The third kappa shape index (κ3) is 7.79. The molecule has 0 spiro atoms. The summed E-state index contributed by atoms with van der Waals surface area (Å²) in [6.07, 6.45) is 7.86. The van der Waals surface area contributed by atoms with Crippen molar-refractivity contribution in [2.75, 3.05) is 0 Å². The number of halogens is 1. The summed E-state index contributed by atoms with van der Waals surface area (Å²) < 4.78 is 24.3. The standard InChI is InChI=1S/C25H32FNO4/c1-6-16(2)7-13-23-17(3)15-22(19(5)31-23)27-24(28)14-8-18(4)30-25(29)20-9-11-21(26)12-10-20/h6-12,14,17-19,22-23H,1,13,15H2,2-5H3,(H,27,28)/b14-8?,16-7+/t17-,18?,19+,22+,23-/m0/s1. The van der Waals surface area contributed by atoms with Crippen LogP contribution >= 0.6 is 0 Å². The van der Waals surface area contributed by atoms with Crippen LogP contribution in [0.5, 0.6) is 0 Å². The molecule has 1 amide bonds. The number of hydrogen-bond donors (Lipinski definition) is 1. The summed E-state index contributed by atoms with van der Waals surface area (Å²) >= 11 is 0. The number of hydrogen-bond acceptors (Lipinski definition) is 4. The van der Waals surface area contributed by atoms with Crippen LogP contribution in [0.15, 0.2) is 60.7 Å². The lowest BCUT2D eigenvalue weighted by Gasteiger charge is -2.39. The van der Waals surface area contributed by atoms with Gasteiger partial charge in [0.2, 0.25) is 5.91 Å². The van der Waals surface area contributed by atoms with Crippen LogP contribution in [0.2, 0.25) is 0 Å². The predicted molar refractivity (Wildman–Crippen MR) is 119 cm³/mol. The number of amides is 1. The Kier molecular flexibility index (Phi) is 9.19. The van der Waals surface area contributed by atoms with E-state index in [0.717, 1.165) is 18.4 Å². The van der Waals surface area contributed by atoms with Crippen LogP contribution < -0.4 is 5.32 Å². The molecule has 0 radical (unpaired) electrons. The fourth-order valence-electron chi connectivity index (χ4n) is 3.41. The summed E-state index contributed by atoms with van der Waals surface area (Å²) in [6.45, 7) is 11.5. The van der Waals surface area contributed by atoms with Crippen molar-refractivity contribution in [2.45, 2.75) is 64.9 Å². The molecule has 1 aromatic carbocycles. The van der Waals surface area contributed by atoms with Crippen molar-refractivity contribution in [2.24, 2.45) is 5.92 Å². The van der Waals surface area contributed by atoms with E-state index in [9.17, 15) is 14.0 Å². The number of carbonyl (C=O) groups is 2. The minimum absolute atomic E-state index is 0.0926. The molecule has 1 unspecified atom stereocenters. The summed E-state index contributed by atoms with van der Waals surface area (Å²) in [6, 6.07) is 5.01.